The van der Waals surface area contributed by atoms with E-state index in [0.29, 0.717) is 61.9 Å². The van der Waals surface area contributed by atoms with Crippen LogP contribution in [0, 0.1) is 0 Å². The first-order chi connectivity index (χ1) is 29.0. The van der Waals surface area contributed by atoms with Crippen molar-refractivity contribution in [2.75, 3.05) is 49.4 Å². The molecule has 0 aromatic heterocycles. The van der Waals surface area contributed by atoms with Crippen LogP contribution in [0.1, 0.15) is 163 Å². The van der Waals surface area contributed by atoms with Gasteiger partial charge in [-0.2, -0.15) is 23.5 Å². The van der Waals surface area contributed by atoms with Crippen molar-refractivity contribution < 1.29 is 29.9 Å². The van der Waals surface area contributed by atoms with Gasteiger partial charge in [0, 0.05) is 37.2 Å². The fraction of sp³-hybridized carbons (Fsp3) is 0.556. The third-order valence-corrected chi connectivity index (χ3v) is 13.9. The minimum absolute atomic E-state index is 0.161. The molecule has 8 heteroatoms. The zero-order chi connectivity index (χ0) is 45.6. The molecule has 1 aliphatic carbocycles. The maximum Gasteiger partial charge on any atom is 0.126 e. The number of aromatic hydroxyl groups is 2. The summed E-state index contributed by atoms with van der Waals surface area (Å²) in [5, 5.41) is 43.8. The molecule has 4 aromatic carbocycles. The number of phenolic OH excluding ortho intramolecular Hbond substituents is 2. The van der Waals surface area contributed by atoms with Crippen LogP contribution in [-0.2, 0) is 47.3 Å². The standard InChI is InChI=1S/C54H76O6S2/c1-51(2,3)43-27-35-23-39-31-45(53(7,8)9)33-41(49(39)59-17-13-19-61-21-15-55)25-37-29-44(52(4,5)6)30-38(48(37)58)26-42-34-46(54(10,11)12)32-40(24-36(28-43)47(35)57)50(42)60-18-14-20-62-22-16-56/h27-34,55-58H,13-26H2,1-12H3. The Morgan fingerprint density at radius 2 is 0.645 bits per heavy atom. The van der Waals surface area contributed by atoms with Gasteiger partial charge in [-0.1, -0.05) is 132 Å². The highest BCUT2D eigenvalue weighted by Gasteiger charge is 2.28. The van der Waals surface area contributed by atoms with Gasteiger partial charge in [0.2, 0.25) is 0 Å². The molecule has 0 atom stereocenters. The molecular weight excluding hydrogens is 809 g/mol. The SMILES string of the molecule is CC(C)(C)c1cc2c(O)c(c1)Cc1cc(C(C)(C)C)cc(c1OCCCSCCO)Cc1cc(C(C)(C)C)cc(c1O)Cc1cc(C(C)(C)C)cc(c1OCCCSCCO)C2. The van der Waals surface area contributed by atoms with Crippen molar-refractivity contribution >= 4 is 23.5 Å². The monoisotopic (exact) mass is 885 g/mol. The van der Waals surface area contributed by atoms with Crippen LogP contribution in [0.5, 0.6) is 23.0 Å². The third-order valence-electron chi connectivity index (χ3n) is 11.8. The largest absolute Gasteiger partial charge is 0.507 e. The van der Waals surface area contributed by atoms with E-state index in [1.165, 1.54) is 11.1 Å². The van der Waals surface area contributed by atoms with Crippen LogP contribution in [0.15, 0.2) is 48.5 Å². The molecule has 4 aromatic rings. The molecule has 0 saturated carbocycles. The number of aliphatic hydroxyl groups is 2. The van der Waals surface area contributed by atoms with Crippen LogP contribution in [0.3, 0.4) is 0 Å². The lowest BCUT2D eigenvalue weighted by Gasteiger charge is -2.28. The second-order valence-corrected chi connectivity index (χ2v) is 23.8. The van der Waals surface area contributed by atoms with Crippen molar-refractivity contribution in [1.82, 2.24) is 0 Å². The summed E-state index contributed by atoms with van der Waals surface area (Å²) < 4.78 is 13.7. The van der Waals surface area contributed by atoms with Crippen LogP contribution < -0.4 is 9.47 Å². The zero-order valence-electron chi connectivity index (χ0n) is 39.9. The van der Waals surface area contributed by atoms with Crippen LogP contribution in [0.2, 0.25) is 0 Å². The van der Waals surface area contributed by atoms with Crippen LogP contribution >= 0.6 is 23.5 Å². The van der Waals surface area contributed by atoms with Gasteiger partial charge in [-0.15, -0.1) is 0 Å². The van der Waals surface area contributed by atoms with E-state index >= 15 is 0 Å². The Morgan fingerprint density at radius 1 is 0.403 bits per heavy atom. The van der Waals surface area contributed by atoms with Gasteiger partial charge in [-0.3, -0.25) is 0 Å². The summed E-state index contributed by atoms with van der Waals surface area (Å²) in [4.78, 5) is 0. The van der Waals surface area contributed by atoms with Crippen LogP contribution in [0.25, 0.3) is 0 Å². The topological polar surface area (TPSA) is 99.4 Å². The Bertz CT molecular complexity index is 1900. The molecule has 0 fully saturated rings. The molecule has 6 nitrogen and oxygen atoms in total. The van der Waals surface area contributed by atoms with E-state index in [2.05, 4.69) is 132 Å². The van der Waals surface area contributed by atoms with Crippen molar-refractivity contribution in [3.05, 3.63) is 115 Å². The summed E-state index contributed by atoms with van der Waals surface area (Å²) in [6, 6.07) is 17.8. The van der Waals surface area contributed by atoms with Crippen molar-refractivity contribution in [2.45, 2.75) is 143 Å². The lowest BCUT2D eigenvalue weighted by Crippen LogP contribution is -2.17. The number of ether oxygens (including phenoxy) is 2. The van der Waals surface area contributed by atoms with Gasteiger partial charge in [0.15, 0.2) is 0 Å². The number of phenols is 2. The lowest BCUT2D eigenvalue weighted by atomic mass is 9.79. The van der Waals surface area contributed by atoms with Crippen LogP contribution in [0.4, 0.5) is 0 Å². The van der Waals surface area contributed by atoms with E-state index < -0.39 is 0 Å². The van der Waals surface area contributed by atoms with Gasteiger partial charge in [0.25, 0.3) is 0 Å². The molecule has 62 heavy (non-hydrogen) atoms. The lowest BCUT2D eigenvalue weighted by molar-refractivity contribution is 0.311. The van der Waals surface area contributed by atoms with Crippen molar-refractivity contribution in [3.8, 4) is 23.0 Å². The average Bonchev–Trinajstić information content (AvgIpc) is 3.16. The van der Waals surface area contributed by atoms with Gasteiger partial charge in [-0.25, -0.2) is 0 Å². The fourth-order valence-electron chi connectivity index (χ4n) is 8.02. The smallest absolute Gasteiger partial charge is 0.126 e. The molecule has 0 unspecified atom stereocenters. The highest BCUT2D eigenvalue weighted by atomic mass is 32.2. The summed E-state index contributed by atoms with van der Waals surface area (Å²) in [6.07, 6.45) is 3.53. The minimum atomic E-state index is -0.184. The van der Waals surface area contributed by atoms with Crippen molar-refractivity contribution in [2.24, 2.45) is 0 Å². The molecule has 0 heterocycles. The number of rotatable bonds is 14. The summed E-state index contributed by atoms with van der Waals surface area (Å²) in [7, 11) is 0. The highest BCUT2D eigenvalue weighted by molar-refractivity contribution is 7.99. The third kappa shape index (κ3) is 12.9. The molecular formula is C54H76O6S2. The molecule has 340 valence electrons. The molecule has 0 saturated heterocycles. The number of hydrogen-bond donors (Lipinski definition) is 4. The average molecular weight is 885 g/mol. The van der Waals surface area contributed by atoms with Gasteiger partial charge >= 0.3 is 0 Å². The molecule has 1 aliphatic rings. The van der Waals surface area contributed by atoms with E-state index in [0.717, 1.165) is 91.5 Å². The van der Waals surface area contributed by atoms with Crippen molar-refractivity contribution in [3.63, 3.8) is 0 Å². The Labute approximate surface area is 382 Å². The number of hydrogen-bond acceptors (Lipinski definition) is 8. The van der Waals surface area contributed by atoms with E-state index in [-0.39, 0.29) is 34.9 Å². The Kier molecular flexibility index (Phi) is 16.6. The normalized spacial score (nSPS) is 13.6. The molecule has 0 spiro atoms. The molecule has 4 N–H and O–H groups in total. The first-order valence-corrected chi connectivity index (χ1v) is 25.0. The summed E-state index contributed by atoms with van der Waals surface area (Å²) >= 11 is 3.45. The second kappa shape index (κ2) is 20.7. The van der Waals surface area contributed by atoms with Crippen LogP contribution in [-0.4, -0.2) is 69.9 Å². The zero-order valence-corrected chi connectivity index (χ0v) is 41.6. The quantitative estimate of drug-likeness (QED) is 0.0819. The fourth-order valence-corrected chi connectivity index (χ4v) is 9.33. The maximum atomic E-state index is 12.5. The number of thioether (sulfide) groups is 2. The molecule has 5 rings (SSSR count). The van der Waals surface area contributed by atoms with Gasteiger partial charge in [-0.05, 0) is 113 Å². The Balaban J connectivity index is 1.85. The number of benzene rings is 4. The number of fused-ring (bicyclic) bond motifs is 8. The second-order valence-electron chi connectivity index (χ2n) is 21.3. The highest BCUT2D eigenvalue weighted by Crippen LogP contribution is 2.44. The molecule has 8 bridgehead atoms. The first kappa shape index (κ1) is 49.7. The van der Waals surface area contributed by atoms with Gasteiger partial charge < -0.3 is 29.9 Å². The summed E-state index contributed by atoms with van der Waals surface area (Å²) in [6.45, 7) is 28.1. The van der Waals surface area contributed by atoms with E-state index in [1.807, 2.05) is 0 Å². The summed E-state index contributed by atoms with van der Waals surface area (Å²) in [5.41, 5.74) is 11.4. The minimum Gasteiger partial charge on any atom is -0.507 e. The molecule has 0 amide bonds. The first-order valence-electron chi connectivity index (χ1n) is 22.7. The molecule has 0 radical (unpaired) electrons. The Morgan fingerprint density at radius 3 is 0.871 bits per heavy atom. The van der Waals surface area contributed by atoms with Gasteiger partial charge in [0.1, 0.15) is 23.0 Å². The Hall–Kier alpha value is -3.30. The molecule has 0 aliphatic heterocycles. The predicted octanol–water partition coefficient (Wildman–Crippen LogP) is 12.0. The van der Waals surface area contributed by atoms with Crippen molar-refractivity contribution in [1.29, 1.82) is 0 Å². The summed E-state index contributed by atoms with van der Waals surface area (Å²) in [5.74, 6) is 5.39. The maximum absolute atomic E-state index is 12.5. The van der Waals surface area contributed by atoms with E-state index in [4.69, 9.17) is 9.47 Å². The van der Waals surface area contributed by atoms with Gasteiger partial charge in [0.05, 0.1) is 26.4 Å². The van der Waals surface area contributed by atoms with E-state index in [1.54, 1.807) is 23.5 Å². The number of aliphatic hydroxyl groups excluding tert-OH is 2. The van der Waals surface area contributed by atoms with E-state index in [9.17, 15) is 20.4 Å². The predicted molar refractivity (Wildman–Crippen MR) is 264 cm³/mol.